The average Bonchev–Trinajstić information content (AvgIpc) is 2.55. The number of pyridine rings is 1. The molecule has 3 aromatic carbocycles. The van der Waals surface area contributed by atoms with Gasteiger partial charge in [-0.1, -0.05) is 66.2 Å². The van der Waals surface area contributed by atoms with Gasteiger partial charge in [-0.15, -0.1) is 0 Å². The summed E-state index contributed by atoms with van der Waals surface area (Å²) in [6, 6.07) is 23.6. The van der Waals surface area contributed by atoms with E-state index in [0.717, 1.165) is 11.9 Å². The SMILES string of the molecule is Cc1cc(C)c2c(Cc3ccccc3)nc3ccccc3c2c1. The van der Waals surface area contributed by atoms with Gasteiger partial charge in [-0.2, -0.15) is 0 Å². The van der Waals surface area contributed by atoms with Crippen LogP contribution in [0.15, 0.2) is 66.7 Å². The average molecular weight is 297 g/mol. The Hall–Kier alpha value is -2.67. The van der Waals surface area contributed by atoms with E-state index < -0.39 is 0 Å². The minimum absolute atomic E-state index is 0.867. The fourth-order valence-electron chi connectivity index (χ4n) is 3.48. The zero-order chi connectivity index (χ0) is 15.8. The molecule has 112 valence electrons. The number of fused-ring (bicyclic) bond motifs is 3. The van der Waals surface area contributed by atoms with Crippen LogP contribution in [-0.2, 0) is 6.42 Å². The Bertz CT molecular complexity index is 1000. The van der Waals surface area contributed by atoms with Crippen molar-refractivity contribution in [3.05, 3.63) is 89.1 Å². The van der Waals surface area contributed by atoms with E-state index in [0.29, 0.717) is 0 Å². The number of nitrogens with zero attached hydrogens (tertiary/aromatic N) is 1. The van der Waals surface area contributed by atoms with Crippen molar-refractivity contribution in [3.63, 3.8) is 0 Å². The minimum atomic E-state index is 0.867. The maximum Gasteiger partial charge on any atom is 0.0711 e. The highest BCUT2D eigenvalue weighted by Gasteiger charge is 2.11. The zero-order valence-electron chi connectivity index (χ0n) is 13.5. The standard InChI is InChI=1S/C22H19N/c1-15-12-16(2)22-19(13-15)18-10-6-7-11-20(18)23-21(22)14-17-8-4-3-5-9-17/h3-13H,14H2,1-2H3. The van der Waals surface area contributed by atoms with Crippen molar-refractivity contribution in [2.75, 3.05) is 0 Å². The highest BCUT2D eigenvalue weighted by Crippen LogP contribution is 2.31. The lowest BCUT2D eigenvalue weighted by molar-refractivity contribution is 1.12. The summed E-state index contributed by atoms with van der Waals surface area (Å²) in [7, 11) is 0. The highest BCUT2D eigenvalue weighted by molar-refractivity contribution is 6.08. The molecule has 4 rings (SSSR count). The second-order valence-corrected chi connectivity index (χ2v) is 6.24. The molecule has 0 aliphatic heterocycles. The van der Waals surface area contributed by atoms with Crippen molar-refractivity contribution in [2.24, 2.45) is 0 Å². The van der Waals surface area contributed by atoms with Crippen LogP contribution < -0.4 is 0 Å². The Labute approximate surface area is 136 Å². The summed E-state index contributed by atoms with van der Waals surface area (Å²) in [6.07, 6.45) is 0.867. The van der Waals surface area contributed by atoms with Gasteiger partial charge in [-0.3, -0.25) is 4.98 Å². The molecule has 23 heavy (non-hydrogen) atoms. The number of hydrogen-bond acceptors (Lipinski definition) is 1. The summed E-state index contributed by atoms with van der Waals surface area (Å²) < 4.78 is 0. The van der Waals surface area contributed by atoms with Crippen molar-refractivity contribution in [1.29, 1.82) is 0 Å². The Morgan fingerprint density at radius 2 is 1.52 bits per heavy atom. The van der Waals surface area contributed by atoms with Gasteiger partial charge < -0.3 is 0 Å². The van der Waals surface area contributed by atoms with Gasteiger partial charge in [0.1, 0.15) is 0 Å². The van der Waals surface area contributed by atoms with Gasteiger partial charge in [0, 0.05) is 17.2 Å². The van der Waals surface area contributed by atoms with E-state index >= 15 is 0 Å². The molecule has 1 nitrogen and oxygen atoms in total. The molecule has 4 aromatic rings. The predicted molar refractivity (Wildman–Crippen MR) is 98.0 cm³/mol. The lowest BCUT2D eigenvalue weighted by atomic mass is 9.95. The molecule has 0 aliphatic carbocycles. The Balaban J connectivity index is 2.05. The van der Waals surface area contributed by atoms with Gasteiger partial charge in [0.15, 0.2) is 0 Å². The molecule has 0 radical (unpaired) electrons. The molecule has 0 atom stereocenters. The highest BCUT2D eigenvalue weighted by atomic mass is 14.7. The summed E-state index contributed by atoms with van der Waals surface area (Å²) >= 11 is 0. The largest absolute Gasteiger partial charge is 0.252 e. The molecule has 0 bridgehead atoms. The molecule has 0 amide bonds. The molecule has 0 unspecified atom stereocenters. The van der Waals surface area contributed by atoms with Gasteiger partial charge in [-0.25, -0.2) is 0 Å². The van der Waals surface area contributed by atoms with Gasteiger partial charge >= 0.3 is 0 Å². The first-order chi connectivity index (χ1) is 11.2. The lowest BCUT2D eigenvalue weighted by Crippen LogP contribution is -1.98. The Morgan fingerprint density at radius 3 is 2.35 bits per heavy atom. The Kier molecular flexibility index (Phi) is 3.34. The van der Waals surface area contributed by atoms with E-state index in [-0.39, 0.29) is 0 Å². The van der Waals surface area contributed by atoms with Crippen LogP contribution in [0.1, 0.15) is 22.4 Å². The van der Waals surface area contributed by atoms with Crippen LogP contribution in [0.2, 0.25) is 0 Å². The van der Waals surface area contributed by atoms with Crippen molar-refractivity contribution in [1.82, 2.24) is 4.98 Å². The predicted octanol–water partition coefficient (Wildman–Crippen LogP) is 5.60. The molecule has 1 heterocycles. The van der Waals surface area contributed by atoms with E-state index in [1.165, 1.54) is 38.5 Å². The molecule has 0 fully saturated rings. The fraction of sp³-hybridized carbons (Fsp3) is 0.136. The monoisotopic (exact) mass is 297 g/mol. The Morgan fingerprint density at radius 1 is 0.783 bits per heavy atom. The van der Waals surface area contributed by atoms with Crippen LogP contribution in [0.5, 0.6) is 0 Å². The molecule has 1 heteroatoms. The van der Waals surface area contributed by atoms with E-state index in [2.05, 4.69) is 80.6 Å². The van der Waals surface area contributed by atoms with Crippen LogP contribution in [0, 0.1) is 13.8 Å². The van der Waals surface area contributed by atoms with Gasteiger partial charge in [0.2, 0.25) is 0 Å². The number of rotatable bonds is 2. The quantitative estimate of drug-likeness (QED) is 0.439. The van der Waals surface area contributed by atoms with E-state index in [1.807, 2.05) is 0 Å². The van der Waals surface area contributed by atoms with Crippen molar-refractivity contribution in [2.45, 2.75) is 20.3 Å². The second kappa shape index (κ2) is 5.51. The zero-order valence-corrected chi connectivity index (χ0v) is 13.5. The summed E-state index contributed by atoms with van der Waals surface area (Å²) in [5.74, 6) is 0. The number of aromatic nitrogens is 1. The van der Waals surface area contributed by atoms with Gasteiger partial charge in [0.05, 0.1) is 11.2 Å². The second-order valence-electron chi connectivity index (χ2n) is 6.24. The van der Waals surface area contributed by atoms with E-state index in [1.54, 1.807) is 0 Å². The van der Waals surface area contributed by atoms with E-state index in [9.17, 15) is 0 Å². The normalized spacial score (nSPS) is 11.2. The van der Waals surface area contributed by atoms with Crippen LogP contribution in [0.3, 0.4) is 0 Å². The molecular weight excluding hydrogens is 278 g/mol. The molecule has 0 saturated carbocycles. The third kappa shape index (κ3) is 2.49. The third-order valence-electron chi connectivity index (χ3n) is 4.43. The summed E-state index contributed by atoms with van der Waals surface area (Å²) in [5.41, 5.74) is 6.16. The first kappa shape index (κ1) is 14.0. The summed E-state index contributed by atoms with van der Waals surface area (Å²) in [4.78, 5) is 4.99. The maximum absolute atomic E-state index is 4.99. The fourth-order valence-corrected chi connectivity index (χ4v) is 3.48. The molecule has 0 N–H and O–H groups in total. The van der Waals surface area contributed by atoms with Crippen LogP contribution in [0.25, 0.3) is 21.7 Å². The number of hydrogen-bond donors (Lipinski definition) is 0. The smallest absolute Gasteiger partial charge is 0.0711 e. The molecule has 0 spiro atoms. The molecular formula is C22H19N. The van der Waals surface area contributed by atoms with Crippen molar-refractivity contribution >= 4 is 21.7 Å². The third-order valence-corrected chi connectivity index (χ3v) is 4.43. The van der Waals surface area contributed by atoms with Crippen molar-refractivity contribution in [3.8, 4) is 0 Å². The van der Waals surface area contributed by atoms with Crippen LogP contribution in [-0.4, -0.2) is 4.98 Å². The first-order valence-corrected chi connectivity index (χ1v) is 8.05. The van der Waals surface area contributed by atoms with Gasteiger partial charge in [-0.05, 0) is 36.4 Å². The number of para-hydroxylation sites is 1. The summed E-state index contributed by atoms with van der Waals surface area (Å²) in [5, 5.41) is 3.86. The first-order valence-electron chi connectivity index (χ1n) is 8.05. The molecule has 0 aliphatic rings. The van der Waals surface area contributed by atoms with Gasteiger partial charge in [0.25, 0.3) is 0 Å². The molecule has 0 saturated heterocycles. The van der Waals surface area contributed by atoms with Crippen LogP contribution in [0.4, 0.5) is 0 Å². The molecule has 1 aromatic heterocycles. The topological polar surface area (TPSA) is 12.9 Å². The number of benzene rings is 3. The van der Waals surface area contributed by atoms with Crippen LogP contribution >= 0.6 is 0 Å². The van der Waals surface area contributed by atoms with E-state index in [4.69, 9.17) is 4.98 Å². The number of aryl methyl sites for hydroxylation is 2. The summed E-state index contributed by atoms with van der Waals surface area (Å²) in [6.45, 7) is 4.36. The van der Waals surface area contributed by atoms with Crippen molar-refractivity contribution < 1.29 is 0 Å². The maximum atomic E-state index is 4.99. The minimum Gasteiger partial charge on any atom is -0.252 e. The lowest BCUT2D eigenvalue weighted by Gasteiger charge is -2.13.